The molecular formula is C9H13NO4. The fraction of sp³-hybridized carbons (Fsp3) is 0.556. The van der Waals surface area contributed by atoms with Gasteiger partial charge in [0.1, 0.15) is 0 Å². The number of hydrogen-bond acceptors (Lipinski definition) is 4. The third-order valence-corrected chi connectivity index (χ3v) is 1.88. The molecule has 0 saturated carbocycles. The van der Waals surface area contributed by atoms with Gasteiger partial charge < -0.3 is 14.7 Å². The van der Waals surface area contributed by atoms with E-state index in [9.17, 15) is 9.59 Å². The van der Waals surface area contributed by atoms with Crippen molar-refractivity contribution in [2.45, 2.75) is 19.4 Å². The number of nitrogens with zero attached hydrogens (tertiary/aromatic N) is 1. The lowest BCUT2D eigenvalue weighted by Crippen LogP contribution is -2.28. The third-order valence-electron chi connectivity index (χ3n) is 1.88. The van der Waals surface area contributed by atoms with Gasteiger partial charge in [-0.1, -0.05) is 0 Å². The van der Waals surface area contributed by atoms with Gasteiger partial charge in [0.25, 0.3) is 0 Å². The van der Waals surface area contributed by atoms with Crippen LogP contribution in [0.2, 0.25) is 0 Å². The molecular weight excluding hydrogens is 186 g/mol. The molecule has 1 aliphatic heterocycles. The fourth-order valence-corrected chi connectivity index (χ4v) is 1.27. The van der Waals surface area contributed by atoms with Crippen molar-refractivity contribution in [3.63, 3.8) is 0 Å². The molecule has 0 aromatic heterocycles. The molecule has 0 aromatic carbocycles. The predicted octanol–water partition coefficient (Wildman–Crippen LogP) is -0.344. The first-order chi connectivity index (χ1) is 6.54. The van der Waals surface area contributed by atoms with E-state index in [-0.39, 0.29) is 18.9 Å². The minimum Gasteiger partial charge on any atom is -0.466 e. The highest BCUT2D eigenvalue weighted by molar-refractivity contribution is 5.98. The first-order valence-electron chi connectivity index (χ1n) is 4.31. The van der Waals surface area contributed by atoms with Crippen molar-refractivity contribution >= 4 is 11.9 Å². The lowest BCUT2D eigenvalue weighted by Gasteiger charge is -2.14. The van der Waals surface area contributed by atoms with Gasteiger partial charge in [0.2, 0.25) is 5.91 Å². The van der Waals surface area contributed by atoms with E-state index in [1.807, 2.05) is 0 Å². The van der Waals surface area contributed by atoms with E-state index in [0.29, 0.717) is 5.57 Å². The highest BCUT2D eigenvalue weighted by Gasteiger charge is 2.26. The number of aliphatic hydroxyl groups excluding tert-OH is 1. The van der Waals surface area contributed by atoms with Crippen LogP contribution in [-0.4, -0.2) is 41.6 Å². The zero-order valence-electron chi connectivity index (χ0n) is 8.19. The van der Waals surface area contributed by atoms with Crippen molar-refractivity contribution < 1.29 is 19.4 Å². The average Bonchev–Trinajstić information content (AvgIpc) is 2.46. The highest BCUT2D eigenvalue weighted by atomic mass is 16.5. The van der Waals surface area contributed by atoms with Crippen molar-refractivity contribution in [2.24, 2.45) is 0 Å². The quantitative estimate of drug-likeness (QED) is 0.631. The number of aliphatic hydroxyl groups is 1. The molecule has 5 heteroatoms. The van der Waals surface area contributed by atoms with E-state index < -0.39 is 12.1 Å². The molecule has 0 fully saturated rings. The molecule has 1 unspecified atom stereocenters. The maximum Gasteiger partial charge on any atom is 0.335 e. The molecule has 14 heavy (non-hydrogen) atoms. The number of esters is 1. The van der Waals surface area contributed by atoms with Gasteiger partial charge >= 0.3 is 5.97 Å². The fourth-order valence-electron chi connectivity index (χ4n) is 1.27. The zero-order valence-corrected chi connectivity index (χ0v) is 8.19. The van der Waals surface area contributed by atoms with E-state index in [4.69, 9.17) is 5.11 Å². The predicted molar refractivity (Wildman–Crippen MR) is 48.1 cm³/mol. The summed E-state index contributed by atoms with van der Waals surface area (Å²) in [6.45, 7) is 1.79. The van der Waals surface area contributed by atoms with Gasteiger partial charge in [0.05, 0.1) is 31.8 Å². The second kappa shape index (κ2) is 4.23. The molecule has 0 bridgehead atoms. The molecule has 0 aromatic rings. The van der Waals surface area contributed by atoms with Crippen LogP contribution in [0.1, 0.15) is 13.3 Å². The Morgan fingerprint density at radius 2 is 2.43 bits per heavy atom. The second-order valence-electron chi connectivity index (χ2n) is 3.22. The number of amides is 1. The topological polar surface area (TPSA) is 66.8 Å². The van der Waals surface area contributed by atoms with Crippen LogP contribution in [0.3, 0.4) is 0 Å². The Morgan fingerprint density at radius 3 is 2.93 bits per heavy atom. The number of hydrogen-bond donors (Lipinski definition) is 1. The number of ether oxygens (including phenoxy) is 1. The molecule has 1 aliphatic rings. The van der Waals surface area contributed by atoms with Gasteiger partial charge in [-0.3, -0.25) is 4.79 Å². The van der Waals surface area contributed by atoms with Crippen LogP contribution in [0.5, 0.6) is 0 Å². The van der Waals surface area contributed by atoms with Crippen LogP contribution in [0, 0.1) is 0 Å². The summed E-state index contributed by atoms with van der Waals surface area (Å²) in [5, 5.41) is 9.07. The first-order valence-corrected chi connectivity index (χ1v) is 4.31. The van der Waals surface area contributed by atoms with Crippen LogP contribution in [0.25, 0.3) is 0 Å². The van der Waals surface area contributed by atoms with Crippen LogP contribution < -0.4 is 0 Å². The summed E-state index contributed by atoms with van der Waals surface area (Å²) < 4.78 is 4.49. The standard InChI is InChI=1S/C9H13NO4/c1-6(11)4-10-5-7(3-8(10)12)9(13)14-2/h5-6,11H,3-4H2,1-2H3. The first kappa shape index (κ1) is 10.7. The Morgan fingerprint density at radius 1 is 1.79 bits per heavy atom. The number of carbonyl (C=O) groups is 2. The Balaban J connectivity index is 2.66. The van der Waals surface area contributed by atoms with E-state index in [0.717, 1.165) is 0 Å². The maximum absolute atomic E-state index is 11.3. The van der Waals surface area contributed by atoms with Crippen LogP contribution in [-0.2, 0) is 14.3 Å². The van der Waals surface area contributed by atoms with E-state index in [1.54, 1.807) is 6.92 Å². The summed E-state index contributed by atoms with van der Waals surface area (Å²) in [5.74, 6) is -0.683. The number of methoxy groups -OCH3 is 1. The van der Waals surface area contributed by atoms with Crippen LogP contribution >= 0.6 is 0 Å². The lowest BCUT2D eigenvalue weighted by atomic mass is 10.2. The van der Waals surface area contributed by atoms with Crippen molar-refractivity contribution in [3.05, 3.63) is 11.8 Å². The van der Waals surface area contributed by atoms with Gasteiger partial charge in [-0.25, -0.2) is 4.79 Å². The molecule has 0 spiro atoms. The normalized spacial score (nSPS) is 18.1. The van der Waals surface area contributed by atoms with Crippen molar-refractivity contribution in [1.82, 2.24) is 4.90 Å². The SMILES string of the molecule is COC(=O)C1=CN(CC(C)O)C(=O)C1. The van der Waals surface area contributed by atoms with Gasteiger partial charge in [-0.05, 0) is 6.92 Å². The van der Waals surface area contributed by atoms with E-state index in [1.165, 1.54) is 18.2 Å². The smallest absolute Gasteiger partial charge is 0.335 e. The summed E-state index contributed by atoms with van der Waals surface area (Å²) >= 11 is 0. The Bertz CT molecular complexity index is 283. The molecule has 5 nitrogen and oxygen atoms in total. The Kier molecular flexibility index (Phi) is 3.24. The molecule has 1 N–H and O–H groups in total. The molecule has 0 radical (unpaired) electrons. The maximum atomic E-state index is 11.3. The summed E-state index contributed by atoms with van der Waals surface area (Å²) in [7, 11) is 1.27. The number of rotatable bonds is 3. The van der Waals surface area contributed by atoms with E-state index >= 15 is 0 Å². The molecule has 0 aliphatic carbocycles. The highest BCUT2D eigenvalue weighted by Crippen LogP contribution is 2.17. The average molecular weight is 199 g/mol. The monoisotopic (exact) mass is 199 g/mol. The second-order valence-corrected chi connectivity index (χ2v) is 3.22. The van der Waals surface area contributed by atoms with Gasteiger partial charge in [0, 0.05) is 6.20 Å². The van der Waals surface area contributed by atoms with Gasteiger partial charge in [-0.2, -0.15) is 0 Å². The minimum atomic E-state index is -0.604. The summed E-state index contributed by atoms with van der Waals surface area (Å²) in [5.41, 5.74) is 0.332. The van der Waals surface area contributed by atoms with Crippen molar-refractivity contribution in [1.29, 1.82) is 0 Å². The molecule has 1 amide bonds. The Labute approximate surface area is 82.0 Å². The van der Waals surface area contributed by atoms with Gasteiger partial charge in [0.15, 0.2) is 0 Å². The van der Waals surface area contributed by atoms with E-state index in [2.05, 4.69) is 4.74 Å². The largest absolute Gasteiger partial charge is 0.466 e. The lowest BCUT2D eigenvalue weighted by molar-refractivity contribution is -0.137. The van der Waals surface area contributed by atoms with Crippen molar-refractivity contribution in [2.75, 3.05) is 13.7 Å². The molecule has 78 valence electrons. The summed E-state index contributed by atoms with van der Waals surface area (Å²) in [6.07, 6.45) is 0.882. The molecule has 1 atom stereocenters. The Hall–Kier alpha value is -1.36. The summed E-state index contributed by atoms with van der Waals surface area (Å²) in [4.78, 5) is 23.7. The number of β-amino-alcohol motifs (C(OH)–C–C–N with tert-alkyl or cyclic N) is 1. The molecule has 1 heterocycles. The minimum absolute atomic E-state index is 0.0550. The van der Waals surface area contributed by atoms with Crippen LogP contribution in [0.4, 0.5) is 0 Å². The third kappa shape index (κ3) is 2.32. The zero-order chi connectivity index (χ0) is 10.7. The summed E-state index contributed by atoms with van der Waals surface area (Å²) in [6, 6.07) is 0. The molecule has 0 saturated heterocycles. The number of carbonyl (C=O) groups excluding carboxylic acids is 2. The van der Waals surface area contributed by atoms with Gasteiger partial charge in [-0.15, -0.1) is 0 Å². The molecule has 1 rings (SSSR count). The van der Waals surface area contributed by atoms with Crippen LogP contribution in [0.15, 0.2) is 11.8 Å². The van der Waals surface area contributed by atoms with Crippen molar-refractivity contribution in [3.8, 4) is 0 Å².